The van der Waals surface area contributed by atoms with Gasteiger partial charge in [-0.15, -0.1) is 0 Å². The minimum Gasteiger partial charge on any atom is -0.369 e. The Hall–Kier alpha value is -1.17. The van der Waals surface area contributed by atoms with Crippen molar-refractivity contribution in [2.24, 2.45) is 0 Å². The van der Waals surface area contributed by atoms with Gasteiger partial charge >= 0.3 is 0 Å². The summed E-state index contributed by atoms with van der Waals surface area (Å²) < 4.78 is 6.06. The van der Waals surface area contributed by atoms with Gasteiger partial charge in [-0.3, -0.25) is 0 Å². The molecule has 1 fully saturated rings. The van der Waals surface area contributed by atoms with Crippen molar-refractivity contribution in [3.8, 4) is 0 Å². The van der Waals surface area contributed by atoms with E-state index in [1.807, 2.05) is 0 Å². The highest BCUT2D eigenvalue weighted by atomic mass is 31.1. The Labute approximate surface area is 110 Å². The minimum atomic E-state index is -0.229. The molecule has 0 unspecified atom stereocenters. The lowest BCUT2D eigenvalue weighted by Gasteiger charge is -2.32. The van der Waals surface area contributed by atoms with Crippen molar-refractivity contribution in [3.05, 3.63) is 66.2 Å². The predicted molar refractivity (Wildman–Crippen MR) is 77.6 cm³/mol. The van der Waals surface area contributed by atoms with Crippen LogP contribution < -0.4 is 5.30 Å². The van der Waals surface area contributed by atoms with E-state index < -0.39 is 0 Å². The highest BCUT2D eigenvalue weighted by molar-refractivity contribution is 7.65. The van der Waals surface area contributed by atoms with Crippen LogP contribution in [0.5, 0.6) is 0 Å². The zero-order chi connectivity index (χ0) is 12.2. The quantitative estimate of drug-likeness (QED) is 0.740. The van der Waals surface area contributed by atoms with Gasteiger partial charge < -0.3 is 4.74 Å². The standard InChI is InChI=1S/C16H17OP/c1-3-8-14(9-4-1)16-17-12-7-13-18(16)15-10-5-2-6-11-15/h1-6,8-11,16H,7,12-13H2/t16-,18+/m1/s1. The molecule has 2 aromatic carbocycles. The van der Waals surface area contributed by atoms with Crippen LogP contribution in [-0.4, -0.2) is 12.8 Å². The van der Waals surface area contributed by atoms with E-state index in [1.165, 1.54) is 23.5 Å². The number of rotatable bonds is 2. The molecule has 1 heterocycles. The number of hydrogen-bond donors (Lipinski definition) is 0. The monoisotopic (exact) mass is 256 g/mol. The molecule has 0 saturated carbocycles. The SMILES string of the molecule is c1ccc([C@@H]2OCCC[P@@]2c2ccccc2)cc1. The fourth-order valence-corrected chi connectivity index (χ4v) is 5.02. The van der Waals surface area contributed by atoms with Crippen LogP contribution in [0.1, 0.15) is 17.8 Å². The molecular weight excluding hydrogens is 239 g/mol. The summed E-state index contributed by atoms with van der Waals surface area (Å²) in [6, 6.07) is 21.5. The Morgan fingerprint density at radius 1 is 0.889 bits per heavy atom. The molecule has 0 aliphatic carbocycles. The maximum absolute atomic E-state index is 6.06. The Morgan fingerprint density at radius 3 is 2.28 bits per heavy atom. The lowest BCUT2D eigenvalue weighted by atomic mass is 10.2. The predicted octanol–water partition coefficient (Wildman–Crippen LogP) is 3.91. The fraction of sp³-hybridized carbons (Fsp3) is 0.250. The van der Waals surface area contributed by atoms with Gasteiger partial charge in [-0.05, 0) is 31.4 Å². The fourth-order valence-electron chi connectivity index (χ4n) is 2.41. The first-order chi connectivity index (χ1) is 8.95. The van der Waals surface area contributed by atoms with Crippen molar-refractivity contribution in [2.45, 2.75) is 12.3 Å². The molecule has 18 heavy (non-hydrogen) atoms. The van der Waals surface area contributed by atoms with Crippen molar-refractivity contribution in [1.82, 2.24) is 0 Å². The summed E-state index contributed by atoms with van der Waals surface area (Å²) in [4.78, 5) is 0. The third kappa shape index (κ3) is 2.48. The Kier molecular flexibility index (Phi) is 3.73. The molecule has 2 heteroatoms. The zero-order valence-electron chi connectivity index (χ0n) is 10.3. The lowest BCUT2D eigenvalue weighted by Crippen LogP contribution is -2.19. The van der Waals surface area contributed by atoms with E-state index in [-0.39, 0.29) is 13.8 Å². The number of benzene rings is 2. The molecule has 92 valence electrons. The molecule has 1 nitrogen and oxygen atoms in total. The number of hydrogen-bond acceptors (Lipinski definition) is 1. The first-order valence-electron chi connectivity index (χ1n) is 6.43. The van der Waals surface area contributed by atoms with Crippen LogP contribution in [0, 0.1) is 0 Å². The van der Waals surface area contributed by atoms with Crippen molar-refractivity contribution >= 4 is 13.2 Å². The molecule has 1 saturated heterocycles. The highest BCUT2D eigenvalue weighted by Crippen LogP contribution is 2.53. The van der Waals surface area contributed by atoms with Gasteiger partial charge in [-0.25, -0.2) is 0 Å². The van der Waals surface area contributed by atoms with Gasteiger partial charge in [-0.2, -0.15) is 0 Å². The highest BCUT2D eigenvalue weighted by Gasteiger charge is 2.27. The molecule has 0 radical (unpaired) electrons. The van der Waals surface area contributed by atoms with Crippen LogP contribution in [0.2, 0.25) is 0 Å². The Morgan fingerprint density at radius 2 is 1.56 bits per heavy atom. The molecule has 1 aliphatic rings. The average Bonchev–Trinajstić information content (AvgIpc) is 2.49. The summed E-state index contributed by atoms with van der Waals surface area (Å²) in [7, 11) is -0.229. The van der Waals surface area contributed by atoms with E-state index >= 15 is 0 Å². The molecule has 2 aromatic rings. The average molecular weight is 256 g/mol. The lowest BCUT2D eigenvalue weighted by molar-refractivity contribution is 0.101. The number of ether oxygens (including phenoxy) is 1. The van der Waals surface area contributed by atoms with Gasteiger partial charge in [0, 0.05) is 6.61 Å². The molecule has 3 rings (SSSR count). The molecule has 0 aromatic heterocycles. The van der Waals surface area contributed by atoms with Crippen LogP contribution in [0.25, 0.3) is 0 Å². The molecule has 1 aliphatic heterocycles. The van der Waals surface area contributed by atoms with Crippen molar-refractivity contribution in [2.75, 3.05) is 12.8 Å². The third-order valence-electron chi connectivity index (χ3n) is 3.27. The summed E-state index contributed by atoms with van der Waals surface area (Å²) in [5, 5.41) is 1.46. The van der Waals surface area contributed by atoms with E-state index in [2.05, 4.69) is 60.7 Å². The van der Waals surface area contributed by atoms with E-state index in [4.69, 9.17) is 4.74 Å². The second kappa shape index (κ2) is 5.65. The molecule has 0 bridgehead atoms. The van der Waals surface area contributed by atoms with E-state index in [1.54, 1.807) is 0 Å². The van der Waals surface area contributed by atoms with Crippen molar-refractivity contribution in [1.29, 1.82) is 0 Å². The van der Waals surface area contributed by atoms with Crippen molar-refractivity contribution < 1.29 is 4.74 Å². The third-order valence-corrected chi connectivity index (χ3v) is 6.05. The smallest absolute Gasteiger partial charge is 0.105 e. The topological polar surface area (TPSA) is 9.23 Å². The van der Waals surface area contributed by atoms with Gasteiger partial charge in [0.15, 0.2) is 0 Å². The van der Waals surface area contributed by atoms with Crippen LogP contribution in [0.3, 0.4) is 0 Å². The molecule has 0 amide bonds. The Balaban J connectivity index is 1.92. The normalized spacial score (nSPS) is 23.8. The van der Waals surface area contributed by atoms with Gasteiger partial charge in [0.25, 0.3) is 0 Å². The van der Waals surface area contributed by atoms with Gasteiger partial charge in [0.2, 0.25) is 0 Å². The second-order valence-corrected chi connectivity index (χ2v) is 6.89. The van der Waals surface area contributed by atoms with Crippen LogP contribution >= 0.6 is 7.92 Å². The van der Waals surface area contributed by atoms with Gasteiger partial charge in [0.05, 0.1) is 0 Å². The minimum absolute atomic E-state index is 0.229. The molecule has 2 atom stereocenters. The molecular formula is C16H17OP. The van der Waals surface area contributed by atoms with Crippen LogP contribution in [0.15, 0.2) is 60.7 Å². The van der Waals surface area contributed by atoms with Gasteiger partial charge in [0.1, 0.15) is 5.85 Å². The van der Waals surface area contributed by atoms with Crippen LogP contribution in [0.4, 0.5) is 0 Å². The summed E-state index contributed by atoms with van der Waals surface area (Å²) >= 11 is 0. The van der Waals surface area contributed by atoms with Gasteiger partial charge in [-0.1, -0.05) is 60.7 Å². The van der Waals surface area contributed by atoms with E-state index in [0.29, 0.717) is 0 Å². The first kappa shape index (κ1) is 11.9. The van der Waals surface area contributed by atoms with Crippen LogP contribution in [-0.2, 0) is 4.74 Å². The summed E-state index contributed by atoms with van der Waals surface area (Å²) in [6.45, 7) is 0.894. The first-order valence-corrected chi connectivity index (χ1v) is 8.03. The van der Waals surface area contributed by atoms with E-state index in [0.717, 1.165) is 6.61 Å². The van der Waals surface area contributed by atoms with Crippen molar-refractivity contribution in [3.63, 3.8) is 0 Å². The Bertz CT molecular complexity index is 435. The second-order valence-electron chi connectivity index (χ2n) is 4.52. The summed E-state index contributed by atoms with van der Waals surface area (Å²) in [5.74, 6) is 0.275. The zero-order valence-corrected chi connectivity index (χ0v) is 11.2. The maximum Gasteiger partial charge on any atom is 0.105 e. The van der Waals surface area contributed by atoms with E-state index in [9.17, 15) is 0 Å². The maximum atomic E-state index is 6.06. The molecule has 0 N–H and O–H groups in total. The molecule has 0 spiro atoms. The summed E-state index contributed by atoms with van der Waals surface area (Å²) in [5.41, 5.74) is 1.33. The summed E-state index contributed by atoms with van der Waals surface area (Å²) in [6.07, 6.45) is 2.46. The largest absolute Gasteiger partial charge is 0.369 e.